The van der Waals surface area contributed by atoms with E-state index in [1.807, 2.05) is 0 Å². The number of aryl methyl sites for hydroxylation is 1. The van der Waals surface area contributed by atoms with Crippen LogP contribution in [-0.4, -0.2) is 22.8 Å². The van der Waals surface area contributed by atoms with Crippen LogP contribution in [0, 0.1) is 0 Å². The SMILES string of the molecule is C[C@@H](CN)NCc1n[nH]c2c1CCCC2. The molecule has 2 rings (SSSR count). The number of nitrogens with one attached hydrogen (secondary N) is 2. The highest BCUT2D eigenvalue weighted by atomic mass is 15.1. The maximum absolute atomic E-state index is 5.56. The lowest BCUT2D eigenvalue weighted by Gasteiger charge is -2.13. The summed E-state index contributed by atoms with van der Waals surface area (Å²) in [5.74, 6) is 0. The zero-order chi connectivity index (χ0) is 10.7. The first kappa shape index (κ1) is 10.6. The average Bonchev–Trinajstić information content (AvgIpc) is 2.69. The molecule has 0 saturated carbocycles. The Hall–Kier alpha value is -0.870. The fraction of sp³-hybridized carbons (Fsp3) is 0.727. The summed E-state index contributed by atoms with van der Waals surface area (Å²) >= 11 is 0. The van der Waals surface area contributed by atoms with Gasteiger partial charge in [-0.1, -0.05) is 0 Å². The minimum atomic E-state index is 0.362. The van der Waals surface area contributed by atoms with Crippen LogP contribution in [-0.2, 0) is 19.4 Å². The summed E-state index contributed by atoms with van der Waals surface area (Å²) in [6, 6.07) is 0.362. The van der Waals surface area contributed by atoms with Crippen LogP contribution in [0.4, 0.5) is 0 Å². The maximum atomic E-state index is 5.56. The molecule has 0 aromatic carbocycles. The number of nitrogens with zero attached hydrogens (tertiary/aromatic N) is 1. The van der Waals surface area contributed by atoms with Crippen molar-refractivity contribution >= 4 is 0 Å². The summed E-state index contributed by atoms with van der Waals surface area (Å²) in [4.78, 5) is 0. The first-order valence-electron chi connectivity index (χ1n) is 5.79. The van der Waals surface area contributed by atoms with Gasteiger partial charge in [0, 0.05) is 24.8 Å². The smallest absolute Gasteiger partial charge is 0.0794 e. The summed E-state index contributed by atoms with van der Waals surface area (Å²) < 4.78 is 0. The van der Waals surface area contributed by atoms with Crippen LogP contribution in [0.25, 0.3) is 0 Å². The molecule has 4 N–H and O–H groups in total. The Bertz CT molecular complexity index is 318. The van der Waals surface area contributed by atoms with Crippen LogP contribution in [0.3, 0.4) is 0 Å². The monoisotopic (exact) mass is 208 g/mol. The molecule has 0 aliphatic heterocycles. The van der Waals surface area contributed by atoms with Gasteiger partial charge in [-0.2, -0.15) is 5.10 Å². The second-order valence-electron chi connectivity index (χ2n) is 4.35. The Kier molecular flexibility index (Phi) is 3.38. The molecule has 0 radical (unpaired) electrons. The van der Waals surface area contributed by atoms with Gasteiger partial charge in [-0.25, -0.2) is 0 Å². The first-order chi connectivity index (χ1) is 7.31. The standard InChI is InChI=1S/C11H20N4/c1-8(6-12)13-7-11-9-4-2-3-5-10(9)14-15-11/h8,13H,2-7,12H2,1H3,(H,14,15)/t8-/m0/s1. The van der Waals surface area contributed by atoms with Gasteiger partial charge in [0.1, 0.15) is 0 Å². The number of hydrogen-bond donors (Lipinski definition) is 3. The van der Waals surface area contributed by atoms with Crippen molar-refractivity contribution < 1.29 is 0 Å². The Morgan fingerprint density at radius 3 is 3.07 bits per heavy atom. The quantitative estimate of drug-likeness (QED) is 0.683. The van der Waals surface area contributed by atoms with Crippen molar-refractivity contribution in [2.45, 2.75) is 45.2 Å². The zero-order valence-electron chi connectivity index (χ0n) is 9.34. The van der Waals surface area contributed by atoms with E-state index in [1.165, 1.54) is 36.2 Å². The van der Waals surface area contributed by atoms with Crippen LogP contribution in [0.2, 0.25) is 0 Å². The molecule has 84 valence electrons. The molecule has 1 aromatic rings. The highest BCUT2D eigenvalue weighted by Crippen LogP contribution is 2.21. The van der Waals surface area contributed by atoms with E-state index in [0.29, 0.717) is 12.6 Å². The van der Waals surface area contributed by atoms with Crippen molar-refractivity contribution in [3.05, 3.63) is 17.0 Å². The van der Waals surface area contributed by atoms with Gasteiger partial charge in [0.2, 0.25) is 0 Å². The van der Waals surface area contributed by atoms with Crippen LogP contribution in [0.5, 0.6) is 0 Å². The Labute approximate surface area is 90.6 Å². The van der Waals surface area contributed by atoms with Gasteiger partial charge in [-0.15, -0.1) is 0 Å². The van der Waals surface area contributed by atoms with E-state index in [2.05, 4.69) is 22.4 Å². The molecule has 1 aromatic heterocycles. The number of aromatic nitrogens is 2. The van der Waals surface area contributed by atoms with Gasteiger partial charge in [0.25, 0.3) is 0 Å². The lowest BCUT2D eigenvalue weighted by atomic mass is 9.96. The third-order valence-corrected chi connectivity index (χ3v) is 3.11. The van der Waals surface area contributed by atoms with E-state index in [4.69, 9.17) is 5.73 Å². The minimum absolute atomic E-state index is 0.362. The lowest BCUT2D eigenvalue weighted by molar-refractivity contribution is 0.547. The predicted octanol–water partition coefficient (Wildman–Crippen LogP) is 0.725. The van der Waals surface area contributed by atoms with Crippen molar-refractivity contribution in [2.24, 2.45) is 5.73 Å². The molecule has 0 bridgehead atoms. The molecule has 1 aliphatic carbocycles. The predicted molar refractivity (Wildman–Crippen MR) is 60.6 cm³/mol. The van der Waals surface area contributed by atoms with E-state index in [1.54, 1.807) is 0 Å². The number of rotatable bonds is 4. The van der Waals surface area contributed by atoms with Crippen molar-refractivity contribution in [3.8, 4) is 0 Å². The van der Waals surface area contributed by atoms with E-state index in [0.717, 1.165) is 13.0 Å². The summed E-state index contributed by atoms with van der Waals surface area (Å²) in [6.07, 6.45) is 4.93. The van der Waals surface area contributed by atoms with Gasteiger partial charge in [0.15, 0.2) is 0 Å². The molecular weight excluding hydrogens is 188 g/mol. The number of hydrogen-bond acceptors (Lipinski definition) is 3. The van der Waals surface area contributed by atoms with Crippen LogP contribution < -0.4 is 11.1 Å². The topological polar surface area (TPSA) is 66.7 Å². The normalized spacial score (nSPS) is 17.5. The van der Waals surface area contributed by atoms with Gasteiger partial charge < -0.3 is 11.1 Å². The van der Waals surface area contributed by atoms with Crippen molar-refractivity contribution in [1.29, 1.82) is 0 Å². The largest absolute Gasteiger partial charge is 0.329 e. The first-order valence-corrected chi connectivity index (χ1v) is 5.79. The van der Waals surface area contributed by atoms with Gasteiger partial charge >= 0.3 is 0 Å². The molecule has 0 amide bonds. The highest BCUT2D eigenvalue weighted by molar-refractivity contribution is 5.27. The molecule has 4 nitrogen and oxygen atoms in total. The molecule has 1 heterocycles. The zero-order valence-corrected chi connectivity index (χ0v) is 9.34. The second-order valence-corrected chi connectivity index (χ2v) is 4.35. The fourth-order valence-corrected chi connectivity index (χ4v) is 2.05. The molecule has 1 atom stereocenters. The van der Waals surface area contributed by atoms with Gasteiger partial charge in [-0.3, -0.25) is 5.10 Å². The third kappa shape index (κ3) is 2.38. The van der Waals surface area contributed by atoms with Crippen molar-refractivity contribution in [2.75, 3.05) is 6.54 Å². The fourth-order valence-electron chi connectivity index (χ4n) is 2.05. The molecule has 0 spiro atoms. The Morgan fingerprint density at radius 2 is 2.27 bits per heavy atom. The molecule has 0 unspecified atom stereocenters. The molecule has 4 heteroatoms. The maximum Gasteiger partial charge on any atom is 0.0794 e. The molecule has 0 saturated heterocycles. The lowest BCUT2D eigenvalue weighted by Crippen LogP contribution is -2.33. The number of fused-ring (bicyclic) bond motifs is 1. The minimum Gasteiger partial charge on any atom is -0.329 e. The highest BCUT2D eigenvalue weighted by Gasteiger charge is 2.16. The van der Waals surface area contributed by atoms with Crippen LogP contribution in [0.1, 0.15) is 36.7 Å². The van der Waals surface area contributed by atoms with E-state index in [-0.39, 0.29) is 0 Å². The Balaban J connectivity index is 1.99. The molecular formula is C11H20N4. The molecule has 1 aliphatic rings. The van der Waals surface area contributed by atoms with Gasteiger partial charge in [0.05, 0.1) is 5.69 Å². The summed E-state index contributed by atoms with van der Waals surface area (Å²) in [5, 5.41) is 10.9. The van der Waals surface area contributed by atoms with Crippen molar-refractivity contribution in [1.82, 2.24) is 15.5 Å². The second kappa shape index (κ2) is 4.77. The van der Waals surface area contributed by atoms with E-state index < -0.39 is 0 Å². The molecule has 15 heavy (non-hydrogen) atoms. The average molecular weight is 208 g/mol. The summed E-state index contributed by atoms with van der Waals surface area (Å²) in [5.41, 5.74) is 9.53. The van der Waals surface area contributed by atoms with E-state index in [9.17, 15) is 0 Å². The third-order valence-electron chi connectivity index (χ3n) is 3.11. The number of nitrogens with two attached hydrogens (primary N) is 1. The van der Waals surface area contributed by atoms with Crippen LogP contribution >= 0.6 is 0 Å². The van der Waals surface area contributed by atoms with Crippen molar-refractivity contribution in [3.63, 3.8) is 0 Å². The summed E-state index contributed by atoms with van der Waals surface area (Å²) in [7, 11) is 0. The van der Waals surface area contributed by atoms with Crippen LogP contribution in [0.15, 0.2) is 0 Å². The summed E-state index contributed by atoms with van der Waals surface area (Å²) in [6.45, 7) is 3.61. The molecule has 0 fully saturated rings. The Morgan fingerprint density at radius 1 is 1.47 bits per heavy atom. The van der Waals surface area contributed by atoms with Gasteiger partial charge in [-0.05, 0) is 38.2 Å². The van der Waals surface area contributed by atoms with E-state index >= 15 is 0 Å². The number of aromatic amines is 1. The number of H-pyrrole nitrogens is 1.